The monoisotopic (exact) mass is 384 g/mol. The van der Waals surface area contributed by atoms with E-state index >= 15 is 0 Å². The molecule has 30 heavy (non-hydrogen) atoms. The van der Waals surface area contributed by atoms with Crippen LogP contribution in [0.4, 0.5) is 0 Å². The summed E-state index contributed by atoms with van der Waals surface area (Å²) in [5.41, 5.74) is 10.2. The normalized spacial score (nSPS) is 11.0. The number of aryl methyl sites for hydroxylation is 2. The van der Waals surface area contributed by atoms with Gasteiger partial charge in [-0.1, -0.05) is 120 Å². The third-order valence-corrected chi connectivity index (χ3v) is 5.76. The molecule has 5 aromatic rings. The van der Waals surface area contributed by atoms with Crippen LogP contribution in [0.1, 0.15) is 11.1 Å². The molecule has 0 spiro atoms. The zero-order valence-electron chi connectivity index (χ0n) is 17.4. The fourth-order valence-corrected chi connectivity index (χ4v) is 4.41. The highest BCUT2D eigenvalue weighted by molar-refractivity contribution is 6.05. The highest BCUT2D eigenvalue weighted by Gasteiger charge is 2.10. The SMILES string of the molecule is Cc1cc(C)cc(-c2ccc(-c3ccc(-c4ccccc4)cc3)c3ccccc23)c1. The zero-order chi connectivity index (χ0) is 20.5. The Bertz CT molecular complexity index is 1310. The molecule has 0 aliphatic heterocycles. The van der Waals surface area contributed by atoms with Crippen LogP contribution in [0.2, 0.25) is 0 Å². The molecular weight excluding hydrogens is 360 g/mol. The molecule has 0 saturated carbocycles. The minimum absolute atomic E-state index is 1.25. The molecule has 0 heterocycles. The lowest BCUT2D eigenvalue weighted by molar-refractivity contribution is 1.39. The number of hydrogen-bond donors (Lipinski definition) is 0. The molecule has 0 aliphatic carbocycles. The second-order valence-corrected chi connectivity index (χ2v) is 8.03. The van der Waals surface area contributed by atoms with Gasteiger partial charge in [0.25, 0.3) is 0 Å². The van der Waals surface area contributed by atoms with E-state index in [9.17, 15) is 0 Å². The highest BCUT2D eigenvalue weighted by Crippen LogP contribution is 2.36. The second-order valence-electron chi connectivity index (χ2n) is 8.03. The van der Waals surface area contributed by atoms with Crippen LogP contribution in [0.15, 0.2) is 109 Å². The van der Waals surface area contributed by atoms with Gasteiger partial charge in [0.15, 0.2) is 0 Å². The summed E-state index contributed by atoms with van der Waals surface area (Å²) in [6.07, 6.45) is 0. The van der Waals surface area contributed by atoms with Crippen molar-refractivity contribution in [1.82, 2.24) is 0 Å². The summed E-state index contributed by atoms with van der Waals surface area (Å²) in [5, 5.41) is 2.59. The fraction of sp³-hybridized carbons (Fsp3) is 0.0667. The Morgan fingerprint density at radius 1 is 0.367 bits per heavy atom. The summed E-state index contributed by atoms with van der Waals surface area (Å²) in [4.78, 5) is 0. The average molecular weight is 385 g/mol. The maximum absolute atomic E-state index is 2.28. The molecular formula is C30H24. The maximum Gasteiger partial charge on any atom is -0.00992 e. The van der Waals surface area contributed by atoms with Crippen LogP contribution in [0.25, 0.3) is 44.2 Å². The van der Waals surface area contributed by atoms with Crippen molar-refractivity contribution in [1.29, 1.82) is 0 Å². The van der Waals surface area contributed by atoms with E-state index in [1.807, 2.05) is 0 Å². The third kappa shape index (κ3) is 3.42. The molecule has 0 fully saturated rings. The Morgan fingerprint density at radius 3 is 1.43 bits per heavy atom. The molecule has 0 unspecified atom stereocenters. The Labute approximate surface area is 178 Å². The number of hydrogen-bond acceptors (Lipinski definition) is 0. The molecule has 5 rings (SSSR count). The van der Waals surface area contributed by atoms with Crippen LogP contribution in [0, 0.1) is 13.8 Å². The lowest BCUT2D eigenvalue weighted by Crippen LogP contribution is -1.88. The fourth-order valence-electron chi connectivity index (χ4n) is 4.41. The number of benzene rings is 5. The second kappa shape index (κ2) is 7.65. The summed E-state index contributed by atoms with van der Waals surface area (Å²) in [6, 6.07) is 39.5. The van der Waals surface area contributed by atoms with Crippen LogP contribution < -0.4 is 0 Å². The van der Waals surface area contributed by atoms with Gasteiger partial charge < -0.3 is 0 Å². The predicted octanol–water partition coefficient (Wildman–Crippen LogP) is 8.46. The summed E-state index contributed by atoms with van der Waals surface area (Å²) in [7, 11) is 0. The minimum atomic E-state index is 1.25. The lowest BCUT2D eigenvalue weighted by Gasteiger charge is -2.13. The van der Waals surface area contributed by atoms with Gasteiger partial charge >= 0.3 is 0 Å². The Balaban J connectivity index is 1.63. The van der Waals surface area contributed by atoms with Crippen molar-refractivity contribution in [2.45, 2.75) is 13.8 Å². The van der Waals surface area contributed by atoms with Crippen molar-refractivity contribution in [2.75, 3.05) is 0 Å². The van der Waals surface area contributed by atoms with Crippen molar-refractivity contribution in [3.63, 3.8) is 0 Å². The molecule has 0 atom stereocenters. The molecule has 0 radical (unpaired) electrons. The lowest BCUT2D eigenvalue weighted by atomic mass is 9.90. The smallest absolute Gasteiger partial charge is 0.00992 e. The van der Waals surface area contributed by atoms with Gasteiger partial charge in [-0.05, 0) is 58.0 Å². The van der Waals surface area contributed by atoms with E-state index in [2.05, 4.69) is 123 Å². The molecule has 0 bridgehead atoms. The summed E-state index contributed by atoms with van der Waals surface area (Å²) >= 11 is 0. The topological polar surface area (TPSA) is 0 Å². The number of fused-ring (bicyclic) bond motifs is 1. The first-order chi connectivity index (χ1) is 14.7. The van der Waals surface area contributed by atoms with Gasteiger partial charge in [0.2, 0.25) is 0 Å². The largest absolute Gasteiger partial charge is 0.0622 e. The van der Waals surface area contributed by atoms with Crippen molar-refractivity contribution in [2.24, 2.45) is 0 Å². The maximum atomic E-state index is 2.28. The van der Waals surface area contributed by atoms with Gasteiger partial charge in [-0.3, -0.25) is 0 Å². The van der Waals surface area contributed by atoms with Crippen molar-refractivity contribution in [3.8, 4) is 33.4 Å². The first-order valence-electron chi connectivity index (χ1n) is 10.5. The summed E-state index contributed by atoms with van der Waals surface area (Å²) in [5.74, 6) is 0. The first kappa shape index (κ1) is 18.4. The van der Waals surface area contributed by atoms with Crippen LogP contribution in [-0.2, 0) is 0 Å². The van der Waals surface area contributed by atoms with E-state index in [1.165, 1.54) is 55.3 Å². The summed E-state index contributed by atoms with van der Waals surface area (Å²) < 4.78 is 0. The van der Waals surface area contributed by atoms with Crippen LogP contribution >= 0.6 is 0 Å². The zero-order valence-corrected chi connectivity index (χ0v) is 17.4. The molecule has 0 nitrogen and oxygen atoms in total. The average Bonchev–Trinajstić information content (AvgIpc) is 2.78. The predicted molar refractivity (Wildman–Crippen MR) is 130 cm³/mol. The quantitative estimate of drug-likeness (QED) is 0.293. The molecule has 0 aromatic heterocycles. The first-order valence-corrected chi connectivity index (χ1v) is 10.5. The van der Waals surface area contributed by atoms with E-state index in [1.54, 1.807) is 0 Å². The molecule has 0 saturated heterocycles. The standard InChI is InChI=1S/C30H24/c1-21-18-22(2)20-26(19-21)28-17-16-27(29-10-6-7-11-30(28)29)25-14-12-24(13-15-25)23-8-4-3-5-9-23/h3-20H,1-2H3. The molecule has 0 amide bonds. The molecule has 5 aromatic carbocycles. The van der Waals surface area contributed by atoms with Crippen molar-refractivity contribution >= 4 is 10.8 Å². The minimum Gasteiger partial charge on any atom is -0.0622 e. The third-order valence-electron chi connectivity index (χ3n) is 5.76. The van der Waals surface area contributed by atoms with Crippen LogP contribution in [0.5, 0.6) is 0 Å². The van der Waals surface area contributed by atoms with Crippen molar-refractivity contribution in [3.05, 3.63) is 120 Å². The van der Waals surface area contributed by atoms with Gasteiger partial charge in [-0.25, -0.2) is 0 Å². The van der Waals surface area contributed by atoms with Crippen molar-refractivity contribution < 1.29 is 0 Å². The molecule has 144 valence electrons. The Hall–Kier alpha value is -3.64. The van der Waals surface area contributed by atoms with Gasteiger partial charge in [0.1, 0.15) is 0 Å². The number of rotatable bonds is 3. The van der Waals surface area contributed by atoms with Gasteiger partial charge in [0, 0.05) is 0 Å². The van der Waals surface area contributed by atoms with Crippen LogP contribution in [0.3, 0.4) is 0 Å². The summed E-state index contributed by atoms with van der Waals surface area (Å²) in [6.45, 7) is 4.34. The Kier molecular flexibility index (Phi) is 4.69. The van der Waals surface area contributed by atoms with Gasteiger partial charge in [0.05, 0.1) is 0 Å². The Morgan fingerprint density at radius 2 is 0.833 bits per heavy atom. The van der Waals surface area contributed by atoms with E-state index in [0.29, 0.717) is 0 Å². The van der Waals surface area contributed by atoms with E-state index < -0.39 is 0 Å². The molecule has 0 aliphatic rings. The molecule has 0 N–H and O–H groups in total. The van der Waals surface area contributed by atoms with E-state index in [4.69, 9.17) is 0 Å². The van der Waals surface area contributed by atoms with E-state index in [0.717, 1.165) is 0 Å². The van der Waals surface area contributed by atoms with Gasteiger partial charge in [-0.2, -0.15) is 0 Å². The highest BCUT2D eigenvalue weighted by atomic mass is 14.1. The van der Waals surface area contributed by atoms with Gasteiger partial charge in [-0.15, -0.1) is 0 Å². The molecule has 0 heteroatoms. The van der Waals surface area contributed by atoms with Crippen LogP contribution in [-0.4, -0.2) is 0 Å². The van der Waals surface area contributed by atoms with E-state index in [-0.39, 0.29) is 0 Å².